The quantitative estimate of drug-likeness (QED) is 0.604. The number of fused-ring (bicyclic) bond motifs is 1. The Morgan fingerprint density at radius 1 is 1.42 bits per heavy atom. The van der Waals surface area contributed by atoms with Gasteiger partial charge in [0.1, 0.15) is 6.04 Å². The van der Waals surface area contributed by atoms with Gasteiger partial charge in [0.15, 0.2) is 0 Å². The molecule has 9 nitrogen and oxygen atoms in total. The third-order valence-corrected chi connectivity index (χ3v) is 5.00. The average molecular weight is 362 g/mol. The summed E-state index contributed by atoms with van der Waals surface area (Å²) < 4.78 is 7.21. The summed E-state index contributed by atoms with van der Waals surface area (Å²) in [6.45, 7) is 4.32. The molecule has 3 N–H and O–H groups in total. The predicted molar refractivity (Wildman–Crippen MR) is 96.7 cm³/mol. The van der Waals surface area contributed by atoms with Gasteiger partial charge in [0.2, 0.25) is 0 Å². The van der Waals surface area contributed by atoms with E-state index in [-0.39, 0.29) is 12.1 Å². The van der Waals surface area contributed by atoms with Crippen LogP contribution in [-0.2, 0) is 23.0 Å². The topological polar surface area (TPSA) is 124 Å². The molecule has 2 heterocycles. The predicted octanol–water partition coefficient (Wildman–Crippen LogP) is 1.19. The lowest BCUT2D eigenvalue weighted by molar-refractivity contribution is -0.383. The highest BCUT2D eigenvalue weighted by Gasteiger charge is 2.27. The average Bonchev–Trinajstić information content (AvgIpc) is 2.86. The Bertz CT molecular complexity index is 870. The van der Waals surface area contributed by atoms with E-state index < -0.39 is 16.9 Å². The maximum absolute atomic E-state index is 11.7. The second kappa shape index (κ2) is 6.93. The van der Waals surface area contributed by atoms with Crippen molar-refractivity contribution in [3.63, 3.8) is 0 Å². The van der Waals surface area contributed by atoms with Gasteiger partial charge in [0.25, 0.3) is 5.69 Å². The second-order valence-electron chi connectivity index (χ2n) is 6.49. The number of carboxylic acids is 1. The van der Waals surface area contributed by atoms with E-state index in [1.165, 1.54) is 0 Å². The number of carbonyl (C=O) groups is 1. The number of nitro benzene ring substituents is 1. The summed E-state index contributed by atoms with van der Waals surface area (Å²) in [5.74, 6) is -1.13. The number of anilines is 1. The van der Waals surface area contributed by atoms with Gasteiger partial charge in [-0.15, -0.1) is 0 Å². The first-order valence-corrected chi connectivity index (χ1v) is 8.38. The minimum absolute atomic E-state index is 0.0275. The van der Waals surface area contributed by atoms with Crippen molar-refractivity contribution < 1.29 is 19.6 Å². The van der Waals surface area contributed by atoms with Gasteiger partial charge in [-0.1, -0.05) is 0 Å². The summed E-state index contributed by atoms with van der Waals surface area (Å²) in [6.07, 6.45) is 0.0379. The minimum Gasteiger partial charge on any atom is -0.480 e. The summed E-state index contributed by atoms with van der Waals surface area (Å²) >= 11 is 0. The molecule has 26 heavy (non-hydrogen) atoms. The van der Waals surface area contributed by atoms with Gasteiger partial charge in [0, 0.05) is 44.0 Å². The molecule has 9 heteroatoms. The van der Waals surface area contributed by atoms with Gasteiger partial charge in [-0.25, -0.2) is 0 Å². The van der Waals surface area contributed by atoms with Gasteiger partial charge >= 0.3 is 5.97 Å². The van der Waals surface area contributed by atoms with Crippen LogP contribution in [0.2, 0.25) is 0 Å². The minimum atomic E-state index is -1.13. The molecular formula is C17H22N4O5. The zero-order valence-electron chi connectivity index (χ0n) is 14.8. The molecule has 0 aliphatic carbocycles. The fourth-order valence-corrected chi connectivity index (χ4v) is 3.44. The summed E-state index contributed by atoms with van der Waals surface area (Å²) in [6, 6.07) is 2.36. The largest absolute Gasteiger partial charge is 0.480 e. The maximum Gasteiger partial charge on any atom is 0.320 e. The number of hydrogen-bond acceptors (Lipinski definition) is 6. The zero-order chi connectivity index (χ0) is 19.0. The highest BCUT2D eigenvalue weighted by Crippen LogP contribution is 2.37. The van der Waals surface area contributed by atoms with E-state index in [0.717, 1.165) is 11.4 Å². The van der Waals surface area contributed by atoms with Crippen molar-refractivity contribution in [3.8, 4) is 0 Å². The van der Waals surface area contributed by atoms with E-state index in [1.54, 1.807) is 6.07 Å². The Morgan fingerprint density at radius 2 is 2.08 bits per heavy atom. The van der Waals surface area contributed by atoms with Crippen LogP contribution in [0.5, 0.6) is 0 Å². The summed E-state index contributed by atoms with van der Waals surface area (Å²) in [7, 11) is 1.82. The van der Waals surface area contributed by atoms with Crippen molar-refractivity contribution in [2.75, 3.05) is 31.2 Å². The van der Waals surface area contributed by atoms with E-state index >= 15 is 0 Å². The number of aryl methyl sites for hydroxylation is 1. The van der Waals surface area contributed by atoms with Gasteiger partial charge < -0.3 is 25.0 Å². The number of morpholine rings is 1. The smallest absolute Gasteiger partial charge is 0.320 e. The first-order valence-electron chi connectivity index (χ1n) is 8.38. The standard InChI is InChI=1S/C17H22N4O5/c1-10-12(9-13(18)17(22)23)16-14(19(10)2)7-11(8-15(16)21(24)25)20-3-5-26-6-4-20/h7-8,13H,3-6,9,18H2,1-2H3,(H,22,23). The molecule has 1 aromatic heterocycles. The first kappa shape index (κ1) is 18.2. The lowest BCUT2D eigenvalue weighted by atomic mass is 10.0. The molecule has 1 aromatic carbocycles. The molecule has 1 unspecified atom stereocenters. The van der Waals surface area contributed by atoms with Crippen LogP contribution in [0.4, 0.5) is 11.4 Å². The number of rotatable bonds is 5. The summed E-state index contributed by atoms with van der Waals surface area (Å²) in [4.78, 5) is 24.5. The third kappa shape index (κ3) is 3.11. The third-order valence-electron chi connectivity index (χ3n) is 5.00. The van der Waals surface area contributed by atoms with E-state index in [1.807, 2.05) is 24.6 Å². The monoisotopic (exact) mass is 362 g/mol. The molecule has 3 rings (SSSR count). The number of hydrogen-bond donors (Lipinski definition) is 2. The number of nitrogens with two attached hydrogens (primary N) is 1. The van der Waals surface area contributed by atoms with Crippen LogP contribution in [0.15, 0.2) is 12.1 Å². The number of benzene rings is 1. The molecule has 0 amide bonds. The maximum atomic E-state index is 11.7. The summed E-state index contributed by atoms with van der Waals surface area (Å²) in [5, 5.41) is 21.3. The van der Waals surface area contributed by atoms with Crippen molar-refractivity contribution in [2.45, 2.75) is 19.4 Å². The fraction of sp³-hybridized carbons (Fsp3) is 0.471. The van der Waals surface area contributed by atoms with Gasteiger partial charge in [-0.3, -0.25) is 14.9 Å². The normalized spacial score (nSPS) is 16.0. The molecule has 1 aliphatic heterocycles. The number of aliphatic carboxylic acids is 1. The molecular weight excluding hydrogens is 340 g/mol. The molecule has 0 bridgehead atoms. The van der Waals surface area contributed by atoms with Crippen molar-refractivity contribution in [3.05, 3.63) is 33.5 Å². The van der Waals surface area contributed by atoms with Gasteiger partial charge in [-0.05, 0) is 18.6 Å². The number of nitro groups is 1. The fourth-order valence-electron chi connectivity index (χ4n) is 3.44. The number of carboxylic acid groups (broad SMARTS) is 1. The van der Waals surface area contributed by atoms with Crippen LogP contribution in [0.1, 0.15) is 11.3 Å². The van der Waals surface area contributed by atoms with Gasteiger partial charge in [0.05, 0.1) is 29.0 Å². The molecule has 0 saturated carbocycles. The lowest BCUT2D eigenvalue weighted by Gasteiger charge is -2.28. The Hall–Kier alpha value is -2.65. The number of non-ortho nitro benzene ring substituents is 1. The molecule has 0 spiro atoms. The summed E-state index contributed by atoms with van der Waals surface area (Å²) in [5.41, 5.74) is 8.51. The molecule has 0 radical (unpaired) electrons. The van der Waals surface area contributed by atoms with Crippen molar-refractivity contribution in [2.24, 2.45) is 12.8 Å². The van der Waals surface area contributed by atoms with Crippen LogP contribution in [0.25, 0.3) is 10.9 Å². The van der Waals surface area contributed by atoms with Crippen LogP contribution < -0.4 is 10.6 Å². The van der Waals surface area contributed by atoms with Crippen molar-refractivity contribution in [1.82, 2.24) is 4.57 Å². The highest BCUT2D eigenvalue weighted by atomic mass is 16.6. The SMILES string of the molecule is Cc1c(CC(N)C(=O)O)c2c([N+](=O)[O-])cc(N3CCOCC3)cc2n1C. The van der Waals surface area contributed by atoms with Gasteiger partial charge in [-0.2, -0.15) is 0 Å². The Labute approximate surface area is 150 Å². The van der Waals surface area contributed by atoms with E-state index in [0.29, 0.717) is 42.8 Å². The molecule has 1 fully saturated rings. The van der Waals surface area contributed by atoms with Crippen LogP contribution in [0, 0.1) is 17.0 Å². The Balaban J connectivity index is 2.19. The molecule has 140 valence electrons. The van der Waals surface area contributed by atoms with Crippen molar-refractivity contribution in [1.29, 1.82) is 0 Å². The van der Waals surface area contributed by atoms with Crippen LogP contribution in [-0.4, -0.2) is 52.9 Å². The van der Waals surface area contributed by atoms with Crippen LogP contribution >= 0.6 is 0 Å². The number of aromatic nitrogens is 1. The van der Waals surface area contributed by atoms with E-state index in [9.17, 15) is 14.9 Å². The van der Waals surface area contributed by atoms with Crippen molar-refractivity contribution >= 4 is 28.2 Å². The molecule has 2 aromatic rings. The zero-order valence-corrected chi connectivity index (χ0v) is 14.8. The number of ether oxygens (including phenoxy) is 1. The van der Waals surface area contributed by atoms with Crippen LogP contribution in [0.3, 0.4) is 0 Å². The first-order chi connectivity index (χ1) is 12.3. The molecule has 1 aliphatic rings. The highest BCUT2D eigenvalue weighted by molar-refractivity contribution is 5.97. The van der Waals surface area contributed by atoms with E-state index in [4.69, 9.17) is 15.6 Å². The molecule has 1 atom stereocenters. The molecule has 1 saturated heterocycles. The Morgan fingerprint density at radius 3 is 2.65 bits per heavy atom. The Kier molecular flexibility index (Phi) is 4.84. The van der Waals surface area contributed by atoms with E-state index in [2.05, 4.69) is 4.90 Å². The lowest BCUT2D eigenvalue weighted by Crippen LogP contribution is -2.36. The second-order valence-corrected chi connectivity index (χ2v) is 6.49. The number of nitrogens with zero attached hydrogens (tertiary/aromatic N) is 3.